The Labute approximate surface area is 249 Å². The number of halogens is 9. The number of nitrogens with one attached hydrogen (secondary N) is 1. The van der Waals surface area contributed by atoms with Crippen LogP contribution in [0, 0.1) is 40.7 Å². The standard InChI is InChI=1S/C31H16Cl2F7N3/c32-31(33)15-24-19(14-30(31,16-7-3-1-4-8-16)17-9-5-2-6-10-17)29(42-41-24)43(27-22(37)11-18(34)12-23(27)38)28-25(39)20(35)13-21(36)26(28)40/h1-15,41H. The Balaban J connectivity index is 1.77. The lowest BCUT2D eigenvalue weighted by Crippen LogP contribution is -2.50. The summed E-state index contributed by atoms with van der Waals surface area (Å²) in [5.41, 5.74) is -3.17. The van der Waals surface area contributed by atoms with Gasteiger partial charge in [0.2, 0.25) is 0 Å². The van der Waals surface area contributed by atoms with E-state index in [0.717, 1.165) is 0 Å². The highest BCUT2D eigenvalue weighted by atomic mass is 35.5. The molecule has 0 radical (unpaired) electrons. The quantitative estimate of drug-likeness (QED) is 0.123. The molecule has 5 aromatic rings. The van der Waals surface area contributed by atoms with E-state index in [1.807, 2.05) is 0 Å². The number of fused-ring (bicyclic) bond motifs is 1. The molecule has 0 fully saturated rings. The van der Waals surface area contributed by atoms with Crippen molar-refractivity contribution in [3.8, 4) is 0 Å². The van der Waals surface area contributed by atoms with E-state index in [-0.39, 0.29) is 33.7 Å². The van der Waals surface area contributed by atoms with E-state index >= 15 is 17.6 Å². The maximum absolute atomic E-state index is 15.3. The summed E-state index contributed by atoms with van der Waals surface area (Å²) < 4.78 is 102. The first-order valence-corrected chi connectivity index (χ1v) is 13.3. The number of nitrogens with zero attached hydrogens (tertiary/aromatic N) is 2. The molecule has 12 heteroatoms. The summed E-state index contributed by atoms with van der Waals surface area (Å²) in [6.45, 7) is 0. The van der Waals surface area contributed by atoms with E-state index in [0.29, 0.717) is 11.1 Å². The van der Waals surface area contributed by atoms with Crippen LogP contribution in [0.4, 0.5) is 47.9 Å². The molecule has 43 heavy (non-hydrogen) atoms. The molecule has 0 spiro atoms. The van der Waals surface area contributed by atoms with Gasteiger partial charge in [0, 0.05) is 23.4 Å². The molecule has 0 aliphatic heterocycles. The number of H-pyrrole nitrogens is 1. The predicted octanol–water partition coefficient (Wildman–Crippen LogP) is 7.59. The van der Waals surface area contributed by atoms with Gasteiger partial charge in [0.05, 0.1) is 10.8 Å². The fourth-order valence-electron chi connectivity index (χ4n) is 5.33. The van der Waals surface area contributed by atoms with Gasteiger partial charge < -0.3 is 0 Å². The Morgan fingerprint density at radius 1 is 0.628 bits per heavy atom. The van der Waals surface area contributed by atoms with Crippen molar-refractivity contribution in [3.05, 3.63) is 141 Å². The van der Waals surface area contributed by atoms with Gasteiger partial charge in [-0.1, -0.05) is 89.9 Å². The van der Waals surface area contributed by atoms with Crippen molar-refractivity contribution in [2.75, 3.05) is 4.90 Å². The Bertz CT molecular complexity index is 1910. The van der Waals surface area contributed by atoms with Crippen LogP contribution in [0.25, 0.3) is 12.2 Å². The first kappa shape index (κ1) is 28.8. The smallest absolute Gasteiger partial charge is 0.186 e. The van der Waals surface area contributed by atoms with Crippen molar-refractivity contribution in [2.45, 2.75) is 9.75 Å². The van der Waals surface area contributed by atoms with Gasteiger partial charge in [0.15, 0.2) is 45.1 Å². The van der Waals surface area contributed by atoms with Crippen molar-refractivity contribution < 1.29 is 30.7 Å². The molecule has 1 aliphatic rings. The van der Waals surface area contributed by atoms with Crippen molar-refractivity contribution >= 4 is 52.5 Å². The molecular weight excluding hydrogens is 618 g/mol. The predicted molar refractivity (Wildman–Crippen MR) is 149 cm³/mol. The lowest BCUT2D eigenvalue weighted by atomic mass is 9.69. The van der Waals surface area contributed by atoms with Crippen LogP contribution in [0.15, 0.2) is 78.9 Å². The lowest BCUT2D eigenvalue weighted by molar-refractivity contribution is 0.455. The highest BCUT2D eigenvalue weighted by molar-refractivity contribution is 6.54. The molecule has 3 nitrogen and oxygen atoms in total. The van der Waals surface area contributed by atoms with Gasteiger partial charge in [-0.05, 0) is 17.2 Å². The molecule has 1 aromatic heterocycles. The highest BCUT2D eigenvalue weighted by Gasteiger charge is 2.51. The second-order valence-electron chi connectivity index (χ2n) is 9.70. The van der Waals surface area contributed by atoms with Crippen LogP contribution in [0.3, 0.4) is 0 Å². The highest BCUT2D eigenvalue weighted by Crippen LogP contribution is 2.52. The Morgan fingerprint density at radius 3 is 1.65 bits per heavy atom. The zero-order chi connectivity index (χ0) is 30.7. The molecule has 218 valence electrons. The Morgan fingerprint density at radius 2 is 1.14 bits per heavy atom. The van der Waals surface area contributed by atoms with Crippen LogP contribution in [0.5, 0.6) is 0 Å². The van der Waals surface area contributed by atoms with Gasteiger partial charge in [0.25, 0.3) is 0 Å². The normalized spacial score (nSPS) is 14.9. The number of rotatable bonds is 5. The molecule has 0 saturated carbocycles. The number of aromatic nitrogens is 2. The maximum Gasteiger partial charge on any atom is 0.186 e. The maximum atomic E-state index is 15.3. The van der Waals surface area contributed by atoms with Gasteiger partial charge in [-0.3, -0.25) is 10.00 Å². The summed E-state index contributed by atoms with van der Waals surface area (Å²) in [5.74, 6) is -12.9. The van der Waals surface area contributed by atoms with Crippen molar-refractivity contribution in [1.29, 1.82) is 0 Å². The molecule has 1 heterocycles. The summed E-state index contributed by atoms with van der Waals surface area (Å²) in [5, 5.41) is 6.60. The van der Waals surface area contributed by atoms with Gasteiger partial charge in [-0.25, -0.2) is 30.7 Å². The summed E-state index contributed by atoms with van der Waals surface area (Å²) >= 11 is 14.0. The van der Waals surface area contributed by atoms with Gasteiger partial charge in [-0.15, -0.1) is 0 Å². The number of benzene rings is 4. The van der Waals surface area contributed by atoms with E-state index < -0.39 is 67.7 Å². The van der Waals surface area contributed by atoms with Crippen LogP contribution in [0.2, 0.25) is 0 Å². The number of hydrogen-bond acceptors (Lipinski definition) is 2. The van der Waals surface area contributed by atoms with Gasteiger partial charge >= 0.3 is 0 Å². The average molecular weight is 634 g/mol. The minimum Gasteiger partial charge on any atom is -0.282 e. The van der Waals surface area contributed by atoms with Gasteiger partial charge in [0.1, 0.15) is 17.2 Å². The molecule has 0 amide bonds. The Kier molecular flexibility index (Phi) is 7.01. The molecule has 0 atom stereocenters. The molecule has 0 unspecified atom stereocenters. The molecule has 0 bridgehead atoms. The molecule has 0 saturated heterocycles. The zero-order valence-electron chi connectivity index (χ0n) is 21.5. The monoisotopic (exact) mass is 633 g/mol. The number of hydrogen-bond donors (Lipinski definition) is 1. The number of anilines is 3. The van der Waals surface area contributed by atoms with E-state index in [9.17, 15) is 13.2 Å². The third-order valence-corrected chi connectivity index (χ3v) is 8.03. The lowest BCUT2D eigenvalue weighted by Gasteiger charge is -2.42. The van der Waals surface area contributed by atoms with Crippen LogP contribution >= 0.6 is 23.2 Å². The van der Waals surface area contributed by atoms with Gasteiger partial charge in [-0.2, -0.15) is 5.10 Å². The average Bonchev–Trinajstić information content (AvgIpc) is 3.35. The fourth-order valence-corrected chi connectivity index (χ4v) is 6.10. The number of alkyl halides is 2. The van der Waals surface area contributed by atoms with Crippen molar-refractivity contribution in [1.82, 2.24) is 10.2 Å². The third-order valence-electron chi connectivity index (χ3n) is 7.21. The second kappa shape index (κ2) is 10.5. The molecule has 4 aromatic carbocycles. The topological polar surface area (TPSA) is 31.9 Å². The number of aromatic amines is 1. The van der Waals surface area contributed by atoms with E-state index in [4.69, 9.17) is 23.2 Å². The first-order chi connectivity index (χ1) is 20.5. The minimum absolute atomic E-state index is 0.0452. The first-order valence-electron chi connectivity index (χ1n) is 12.5. The molecule has 6 rings (SSSR count). The summed E-state index contributed by atoms with van der Waals surface area (Å²) in [7, 11) is 0. The van der Waals surface area contributed by atoms with Crippen molar-refractivity contribution in [2.24, 2.45) is 0 Å². The van der Waals surface area contributed by atoms with Crippen LogP contribution in [0.1, 0.15) is 11.1 Å². The zero-order valence-corrected chi connectivity index (χ0v) is 23.0. The molecular formula is C31H16Cl2F7N3. The molecule has 1 N–H and O–H groups in total. The summed E-state index contributed by atoms with van der Waals surface area (Å²) in [6, 6.07) is 17.7. The minimum atomic E-state index is -1.99. The summed E-state index contributed by atoms with van der Waals surface area (Å²) in [6.07, 6.45) is 2.82. The van der Waals surface area contributed by atoms with E-state index in [1.165, 1.54) is 12.2 Å². The molecule has 1 aliphatic carbocycles. The van der Waals surface area contributed by atoms with E-state index in [2.05, 4.69) is 10.2 Å². The van der Waals surface area contributed by atoms with E-state index in [1.54, 1.807) is 60.7 Å². The SMILES string of the molecule is Fc1cc(F)c(N(c2c(F)c(F)cc(F)c2F)c2n[nH]c3c2=CC(c2ccccc2)(c2ccccc2)C(Cl)(Cl)C=3)c(F)c1. The third kappa shape index (κ3) is 4.47. The Hall–Kier alpha value is -4.28. The summed E-state index contributed by atoms with van der Waals surface area (Å²) in [4.78, 5) is 0.205. The second-order valence-corrected chi connectivity index (χ2v) is 11.1. The largest absolute Gasteiger partial charge is 0.282 e. The fraction of sp³-hybridized carbons (Fsp3) is 0.0645. The van der Waals surface area contributed by atoms with Crippen LogP contribution in [-0.2, 0) is 5.41 Å². The van der Waals surface area contributed by atoms with Crippen LogP contribution < -0.4 is 15.5 Å². The van der Waals surface area contributed by atoms with Crippen LogP contribution in [-0.4, -0.2) is 14.5 Å². The van der Waals surface area contributed by atoms with Crippen molar-refractivity contribution in [3.63, 3.8) is 0 Å².